The van der Waals surface area contributed by atoms with Crippen molar-refractivity contribution in [2.45, 2.75) is 17.4 Å². The van der Waals surface area contributed by atoms with Gasteiger partial charge >= 0.3 is 5.97 Å². The number of carbonyl (C=O) groups excluding carboxylic acids is 1. The molecule has 1 amide bonds. The van der Waals surface area contributed by atoms with Crippen LogP contribution in [0.4, 0.5) is 4.39 Å². The Morgan fingerprint density at radius 1 is 1.32 bits per heavy atom. The second-order valence-corrected chi connectivity index (χ2v) is 4.78. The molecule has 1 unspecified atom stereocenters. The largest absolute Gasteiger partial charge is 0.479 e. The molecule has 3 N–H and O–H groups in total. The first kappa shape index (κ1) is 15.5. The molecule has 0 heterocycles. The number of thioether (sulfide) groups is 1. The van der Waals surface area contributed by atoms with Crippen LogP contribution in [0, 0.1) is 5.82 Å². The van der Waals surface area contributed by atoms with Crippen molar-refractivity contribution < 1.29 is 24.2 Å². The molecule has 0 aliphatic rings. The van der Waals surface area contributed by atoms with Gasteiger partial charge in [-0.3, -0.25) is 4.79 Å². The third-order valence-corrected chi connectivity index (χ3v) is 3.22. The number of nitrogens with one attached hydrogen (secondary N) is 1. The fraction of sp³-hybridized carbons (Fsp3) is 0.333. The molecule has 0 aromatic heterocycles. The average molecular weight is 287 g/mol. The predicted octanol–water partition coefficient (Wildman–Crippen LogP) is 0.870. The molecule has 7 heteroatoms. The summed E-state index contributed by atoms with van der Waals surface area (Å²) in [6, 6.07) is 5.76. The molecule has 0 aliphatic carbocycles. The maximum Gasteiger partial charge on any atom is 0.332 e. The summed E-state index contributed by atoms with van der Waals surface area (Å²) >= 11 is 1.24. The number of amides is 1. The number of benzene rings is 1. The zero-order valence-electron chi connectivity index (χ0n) is 10.0. The highest BCUT2D eigenvalue weighted by Gasteiger charge is 2.12. The Morgan fingerprint density at radius 3 is 2.53 bits per heavy atom. The third kappa shape index (κ3) is 6.21. The van der Waals surface area contributed by atoms with E-state index in [2.05, 4.69) is 5.32 Å². The first-order valence-corrected chi connectivity index (χ1v) is 6.53. The molecule has 5 nitrogen and oxygen atoms in total. The Balaban J connectivity index is 2.21. The zero-order valence-corrected chi connectivity index (χ0v) is 10.8. The minimum Gasteiger partial charge on any atom is -0.479 e. The van der Waals surface area contributed by atoms with Crippen molar-refractivity contribution in [2.75, 3.05) is 12.3 Å². The molecule has 0 aliphatic heterocycles. The van der Waals surface area contributed by atoms with Gasteiger partial charge in [-0.1, -0.05) is 0 Å². The van der Waals surface area contributed by atoms with E-state index in [4.69, 9.17) is 10.2 Å². The maximum atomic E-state index is 12.6. The summed E-state index contributed by atoms with van der Waals surface area (Å²) in [5, 5.41) is 19.9. The SMILES string of the molecule is O=C(CSc1ccc(F)cc1)NCCC(O)C(=O)O. The van der Waals surface area contributed by atoms with Gasteiger partial charge in [-0.2, -0.15) is 0 Å². The Hall–Kier alpha value is -1.60. The molecule has 0 spiro atoms. The number of aliphatic hydroxyl groups is 1. The van der Waals surface area contributed by atoms with E-state index in [0.29, 0.717) is 0 Å². The predicted molar refractivity (Wildman–Crippen MR) is 68.4 cm³/mol. The lowest BCUT2D eigenvalue weighted by Gasteiger charge is -2.07. The van der Waals surface area contributed by atoms with E-state index in [1.807, 2.05) is 0 Å². The van der Waals surface area contributed by atoms with Crippen molar-refractivity contribution in [2.24, 2.45) is 0 Å². The van der Waals surface area contributed by atoms with E-state index in [-0.39, 0.29) is 30.4 Å². The number of halogens is 1. The highest BCUT2D eigenvalue weighted by Crippen LogP contribution is 2.17. The maximum absolute atomic E-state index is 12.6. The lowest BCUT2D eigenvalue weighted by atomic mass is 10.2. The second kappa shape index (κ2) is 7.75. The van der Waals surface area contributed by atoms with Crippen molar-refractivity contribution >= 4 is 23.6 Å². The van der Waals surface area contributed by atoms with E-state index in [9.17, 15) is 14.0 Å². The van der Waals surface area contributed by atoms with Crippen LogP contribution in [0.5, 0.6) is 0 Å². The van der Waals surface area contributed by atoms with Crippen LogP contribution in [-0.4, -0.2) is 40.5 Å². The third-order valence-electron chi connectivity index (χ3n) is 2.21. The Bertz CT molecular complexity index is 438. The molecule has 1 aromatic rings. The van der Waals surface area contributed by atoms with E-state index in [1.54, 1.807) is 12.1 Å². The first-order valence-electron chi connectivity index (χ1n) is 5.55. The molecule has 19 heavy (non-hydrogen) atoms. The van der Waals surface area contributed by atoms with Gasteiger partial charge in [0.15, 0.2) is 6.10 Å². The van der Waals surface area contributed by atoms with Crippen LogP contribution in [0.15, 0.2) is 29.2 Å². The number of aliphatic carboxylic acids is 1. The quantitative estimate of drug-likeness (QED) is 0.648. The zero-order chi connectivity index (χ0) is 14.3. The summed E-state index contributed by atoms with van der Waals surface area (Å²) in [5.74, 6) is -1.77. The van der Waals surface area contributed by atoms with Gasteiger partial charge in [0, 0.05) is 17.9 Å². The topological polar surface area (TPSA) is 86.6 Å². The van der Waals surface area contributed by atoms with Crippen LogP contribution in [0.1, 0.15) is 6.42 Å². The van der Waals surface area contributed by atoms with Crippen molar-refractivity contribution in [3.63, 3.8) is 0 Å². The molecule has 1 rings (SSSR count). The Morgan fingerprint density at radius 2 is 1.95 bits per heavy atom. The minimum atomic E-state index is -1.47. The molecule has 0 saturated heterocycles. The normalized spacial score (nSPS) is 11.9. The average Bonchev–Trinajstić information content (AvgIpc) is 2.37. The number of rotatable bonds is 7. The smallest absolute Gasteiger partial charge is 0.332 e. The summed E-state index contributed by atoms with van der Waals surface area (Å²) < 4.78 is 12.6. The molecule has 0 saturated carbocycles. The van der Waals surface area contributed by atoms with Gasteiger partial charge in [-0.25, -0.2) is 9.18 Å². The second-order valence-electron chi connectivity index (χ2n) is 3.74. The molecule has 0 fully saturated rings. The van der Waals surface area contributed by atoms with Crippen LogP contribution >= 0.6 is 11.8 Å². The van der Waals surface area contributed by atoms with Gasteiger partial charge in [-0.15, -0.1) is 11.8 Å². The molecule has 1 aromatic carbocycles. The first-order chi connectivity index (χ1) is 8.99. The van der Waals surface area contributed by atoms with Gasteiger partial charge in [0.1, 0.15) is 5.82 Å². The summed E-state index contributed by atoms with van der Waals surface area (Å²) in [5.41, 5.74) is 0. The van der Waals surface area contributed by atoms with Crippen molar-refractivity contribution in [3.05, 3.63) is 30.1 Å². The standard InChI is InChI=1S/C12H14FNO4S/c13-8-1-3-9(4-2-8)19-7-11(16)14-6-5-10(15)12(17)18/h1-4,10,15H,5-7H2,(H,14,16)(H,17,18). The van der Waals surface area contributed by atoms with Gasteiger partial charge in [0.25, 0.3) is 0 Å². The highest BCUT2D eigenvalue weighted by atomic mass is 32.2. The number of hydrogen-bond acceptors (Lipinski definition) is 4. The van der Waals surface area contributed by atoms with Crippen LogP contribution in [-0.2, 0) is 9.59 Å². The fourth-order valence-corrected chi connectivity index (χ4v) is 1.93. The number of carboxylic acid groups (broad SMARTS) is 1. The van der Waals surface area contributed by atoms with E-state index in [1.165, 1.54) is 23.9 Å². The number of aliphatic hydroxyl groups excluding tert-OH is 1. The summed E-state index contributed by atoms with van der Waals surface area (Å²) in [4.78, 5) is 22.5. The summed E-state index contributed by atoms with van der Waals surface area (Å²) in [7, 11) is 0. The van der Waals surface area contributed by atoms with Crippen LogP contribution in [0.3, 0.4) is 0 Å². The molecule has 0 radical (unpaired) electrons. The lowest BCUT2D eigenvalue weighted by Crippen LogP contribution is -2.31. The van der Waals surface area contributed by atoms with Crippen molar-refractivity contribution in [1.29, 1.82) is 0 Å². The van der Waals surface area contributed by atoms with Crippen molar-refractivity contribution in [1.82, 2.24) is 5.32 Å². The fourth-order valence-electron chi connectivity index (χ4n) is 1.20. The molecular formula is C12H14FNO4S. The molecule has 104 valence electrons. The van der Waals surface area contributed by atoms with Crippen LogP contribution in [0.2, 0.25) is 0 Å². The van der Waals surface area contributed by atoms with Crippen LogP contribution in [0.25, 0.3) is 0 Å². The minimum absolute atomic E-state index is 0.0394. The number of hydrogen-bond donors (Lipinski definition) is 3. The van der Waals surface area contributed by atoms with Gasteiger partial charge in [-0.05, 0) is 24.3 Å². The monoisotopic (exact) mass is 287 g/mol. The van der Waals surface area contributed by atoms with E-state index >= 15 is 0 Å². The molecule has 1 atom stereocenters. The summed E-state index contributed by atoms with van der Waals surface area (Å²) in [6.07, 6.45) is -1.51. The van der Waals surface area contributed by atoms with Crippen LogP contribution < -0.4 is 5.32 Å². The lowest BCUT2D eigenvalue weighted by molar-refractivity contribution is -0.147. The van der Waals surface area contributed by atoms with E-state index in [0.717, 1.165) is 4.90 Å². The Kier molecular flexibility index (Phi) is 6.31. The van der Waals surface area contributed by atoms with Gasteiger partial charge < -0.3 is 15.5 Å². The number of carboxylic acids is 1. The number of carbonyl (C=O) groups is 2. The van der Waals surface area contributed by atoms with Crippen molar-refractivity contribution in [3.8, 4) is 0 Å². The van der Waals surface area contributed by atoms with Gasteiger partial charge in [0.05, 0.1) is 5.75 Å². The Labute approximate surface area is 113 Å². The van der Waals surface area contributed by atoms with Gasteiger partial charge in [0.2, 0.25) is 5.91 Å². The van der Waals surface area contributed by atoms with E-state index < -0.39 is 12.1 Å². The molecule has 0 bridgehead atoms. The summed E-state index contributed by atoms with van der Waals surface area (Å²) in [6.45, 7) is 0.0935. The highest BCUT2D eigenvalue weighted by molar-refractivity contribution is 8.00. The molecular weight excluding hydrogens is 273 g/mol.